The highest BCUT2D eigenvalue weighted by Crippen LogP contribution is 2.32. The van der Waals surface area contributed by atoms with Gasteiger partial charge in [0.05, 0.1) is 15.1 Å². The van der Waals surface area contributed by atoms with Crippen LogP contribution in [0.5, 0.6) is 5.75 Å². The summed E-state index contributed by atoms with van der Waals surface area (Å²) in [7, 11) is 0. The Labute approximate surface area is 169 Å². The van der Waals surface area contributed by atoms with Crippen LogP contribution in [0.25, 0.3) is 10.8 Å². The van der Waals surface area contributed by atoms with Gasteiger partial charge in [0, 0.05) is 17.7 Å². The molecule has 7 nitrogen and oxygen atoms in total. The van der Waals surface area contributed by atoms with Crippen molar-refractivity contribution in [3.05, 3.63) is 80.8 Å². The first-order valence-corrected chi connectivity index (χ1v) is 9.13. The van der Waals surface area contributed by atoms with Crippen molar-refractivity contribution in [3.8, 4) is 5.75 Å². The van der Waals surface area contributed by atoms with Gasteiger partial charge in [0.25, 0.3) is 11.6 Å². The number of non-ortho nitro benzene ring substituents is 1. The fraction of sp³-hybridized carbons (Fsp3) is 0.100. The Bertz CT molecular complexity index is 1080. The molecular formula is C20H16BrN3O4. The summed E-state index contributed by atoms with van der Waals surface area (Å²) in [4.78, 5) is 22.4. The second kappa shape index (κ2) is 8.62. The number of hydrazone groups is 1. The van der Waals surface area contributed by atoms with Gasteiger partial charge in [-0.3, -0.25) is 14.9 Å². The number of hydrogen-bond donors (Lipinski definition) is 1. The third kappa shape index (κ3) is 4.52. The first-order valence-electron chi connectivity index (χ1n) is 8.33. The average Bonchev–Trinajstić information content (AvgIpc) is 2.71. The molecule has 0 fully saturated rings. The Morgan fingerprint density at radius 2 is 1.96 bits per heavy atom. The van der Waals surface area contributed by atoms with E-state index in [2.05, 4.69) is 26.5 Å². The van der Waals surface area contributed by atoms with Gasteiger partial charge in [0.2, 0.25) is 0 Å². The number of hydrogen-bond acceptors (Lipinski definition) is 5. The second-order valence-corrected chi connectivity index (χ2v) is 6.72. The summed E-state index contributed by atoms with van der Waals surface area (Å²) in [6, 6.07) is 17.6. The van der Waals surface area contributed by atoms with Crippen molar-refractivity contribution in [2.45, 2.75) is 6.92 Å². The molecule has 0 saturated carbocycles. The Morgan fingerprint density at radius 3 is 2.75 bits per heavy atom. The molecule has 0 aromatic heterocycles. The van der Waals surface area contributed by atoms with E-state index in [9.17, 15) is 14.9 Å². The number of nitrogens with one attached hydrogen (secondary N) is 1. The standard InChI is InChI=1S/C20H16BrN3O4/c1-13(15-6-4-7-16(11-15)24(26)27)22-23-19(25)12-28-18-10-9-14-5-2-3-8-17(14)20(18)21/h2-11H,12H2,1H3,(H,23,25)/b22-13-. The zero-order valence-electron chi connectivity index (χ0n) is 14.9. The Balaban J connectivity index is 1.63. The quantitative estimate of drug-likeness (QED) is 0.347. The molecule has 0 aliphatic heterocycles. The van der Waals surface area contributed by atoms with Crippen molar-refractivity contribution in [3.63, 3.8) is 0 Å². The lowest BCUT2D eigenvalue weighted by molar-refractivity contribution is -0.384. The summed E-state index contributed by atoms with van der Waals surface area (Å²) in [6.07, 6.45) is 0. The van der Waals surface area contributed by atoms with E-state index in [4.69, 9.17) is 4.74 Å². The van der Waals surface area contributed by atoms with Crippen LogP contribution in [0.2, 0.25) is 0 Å². The van der Waals surface area contributed by atoms with Gasteiger partial charge < -0.3 is 4.74 Å². The summed E-state index contributed by atoms with van der Waals surface area (Å²) in [5, 5.41) is 16.9. The second-order valence-electron chi connectivity index (χ2n) is 5.93. The van der Waals surface area contributed by atoms with Crippen LogP contribution in [0.1, 0.15) is 12.5 Å². The SMILES string of the molecule is C/C(=N/NC(=O)COc1ccc2ccccc2c1Br)c1cccc([N+](=O)[O-])c1. The minimum atomic E-state index is -0.482. The molecule has 0 unspecified atom stereocenters. The smallest absolute Gasteiger partial charge is 0.277 e. The van der Waals surface area contributed by atoms with Gasteiger partial charge in [-0.05, 0) is 39.7 Å². The molecule has 0 spiro atoms. The lowest BCUT2D eigenvalue weighted by Gasteiger charge is -2.10. The number of benzene rings is 3. The van der Waals surface area contributed by atoms with E-state index >= 15 is 0 Å². The van der Waals surface area contributed by atoms with Gasteiger partial charge in [-0.15, -0.1) is 0 Å². The molecule has 0 aliphatic rings. The number of nitro benzene ring substituents is 1. The average molecular weight is 442 g/mol. The molecule has 8 heteroatoms. The van der Waals surface area contributed by atoms with Crippen LogP contribution in [0.15, 0.2) is 70.2 Å². The zero-order valence-corrected chi connectivity index (χ0v) is 16.5. The molecule has 1 amide bonds. The van der Waals surface area contributed by atoms with Crippen molar-refractivity contribution in [2.24, 2.45) is 5.10 Å². The van der Waals surface area contributed by atoms with Crippen molar-refractivity contribution in [1.29, 1.82) is 0 Å². The molecule has 0 saturated heterocycles. The fourth-order valence-corrected chi connectivity index (χ4v) is 3.16. The van der Waals surface area contributed by atoms with Crippen LogP contribution in [0.4, 0.5) is 5.69 Å². The number of nitro groups is 1. The Hall–Kier alpha value is -3.26. The summed E-state index contributed by atoms with van der Waals surface area (Å²) >= 11 is 3.50. The molecule has 0 atom stereocenters. The van der Waals surface area contributed by atoms with Crippen molar-refractivity contribution >= 4 is 44.0 Å². The maximum atomic E-state index is 12.0. The number of amides is 1. The topological polar surface area (TPSA) is 93.8 Å². The number of carbonyl (C=O) groups excluding carboxylic acids is 1. The van der Waals surface area contributed by atoms with Crippen LogP contribution in [0, 0.1) is 10.1 Å². The number of nitrogens with zero attached hydrogens (tertiary/aromatic N) is 2. The van der Waals surface area contributed by atoms with E-state index in [0.29, 0.717) is 17.0 Å². The van der Waals surface area contributed by atoms with Crippen molar-refractivity contribution in [1.82, 2.24) is 5.43 Å². The lowest BCUT2D eigenvalue weighted by atomic mass is 10.1. The number of carbonyl (C=O) groups is 1. The van der Waals surface area contributed by atoms with Gasteiger partial charge in [-0.1, -0.05) is 42.5 Å². The van der Waals surface area contributed by atoms with Crippen LogP contribution in [0.3, 0.4) is 0 Å². The van der Waals surface area contributed by atoms with Gasteiger partial charge in [0.1, 0.15) is 5.75 Å². The fourth-order valence-electron chi connectivity index (χ4n) is 2.56. The highest BCUT2D eigenvalue weighted by molar-refractivity contribution is 9.10. The monoisotopic (exact) mass is 441 g/mol. The summed E-state index contributed by atoms with van der Waals surface area (Å²) in [5.41, 5.74) is 3.35. The molecular weight excluding hydrogens is 426 g/mol. The number of rotatable bonds is 6. The Kier molecular flexibility index (Phi) is 6.00. The third-order valence-electron chi connectivity index (χ3n) is 4.01. The highest BCUT2D eigenvalue weighted by Gasteiger charge is 2.10. The molecule has 0 radical (unpaired) electrons. The van der Waals surface area contributed by atoms with E-state index in [0.717, 1.165) is 15.2 Å². The molecule has 3 rings (SSSR count). The van der Waals surface area contributed by atoms with E-state index in [1.165, 1.54) is 12.1 Å². The van der Waals surface area contributed by atoms with E-state index < -0.39 is 10.8 Å². The molecule has 1 N–H and O–H groups in total. The molecule has 142 valence electrons. The zero-order chi connectivity index (χ0) is 20.1. The summed E-state index contributed by atoms with van der Waals surface area (Å²) in [5.74, 6) is 0.109. The van der Waals surface area contributed by atoms with Crippen LogP contribution in [-0.4, -0.2) is 23.1 Å². The lowest BCUT2D eigenvalue weighted by Crippen LogP contribution is -2.25. The van der Waals surface area contributed by atoms with Gasteiger partial charge in [0.15, 0.2) is 6.61 Å². The predicted octanol–water partition coefficient (Wildman–Crippen LogP) is 4.43. The minimum absolute atomic E-state index is 0.0390. The van der Waals surface area contributed by atoms with E-state index in [1.54, 1.807) is 25.1 Å². The van der Waals surface area contributed by atoms with Gasteiger partial charge >= 0.3 is 0 Å². The molecule has 3 aromatic rings. The molecule has 0 bridgehead atoms. The molecule has 0 heterocycles. The Morgan fingerprint density at radius 1 is 1.18 bits per heavy atom. The van der Waals surface area contributed by atoms with Crippen LogP contribution in [-0.2, 0) is 4.79 Å². The number of halogens is 1. The van der Waals surface area contributed by atoms with Gasteiger partial charge in [-0.2, -0.15) is 5.10 Å². The van der Waals surface area contributed by atoms with E-state index in [-0.39, 0.29) is 12.3 Å². The predicted molar refractivity (Wildman–Crippen MR) is 111 cm³/mol. The summed E-state index contributed by atoms with van der Waals surface area (Å²) < 4.78 is 6.35. The third-order valence-corrected chi connectivity index (χ3v) is 4.83. The van der Waals surface area contributed by atoms with E-state index in [1.807, 2.05) is 30.3 Å². The maximum absolute atomic E-state index is 12.0. The highest BCUT2D eigenvalue weighted by atomic mass is 79.9. The number of fused-ring (bicyclic) bond motifs is 1. The molecule has 0 aliphatic carbocycles. The minimum Gasteiger partial charge on any atom is -0.483 e. The first-order chi connectivity index (χ1) is 13.5. The van der Waals surface area contributed by atoms with Crippen LogP contribution < -0.4 is 10.2 Å². The van der Waals surface area contributed by atoms with Crippen molar-refractivity contribution in [2.75, 3.05) is 6.61 Å². The first kappa shape index (κ1) is 19.5. The maximum Gasteiger partial charge on any atom is 0.277 e. The molecule has 28 heavy (non-hydrogen) atoms. The number of ether oxygens (including phenoxy) is 1. The molecule has 3 aromatic carbocycles. The summed E-state index contributed by atoms with van der Waals surface area (Å²) in [6.45, 7) is 1.43. The van der Waals surface area contributed by atoms with Gasteiger partial charge in [-0.25, -0.2) is 5.43 Å². The van der Waals surface area contributed by atoms with Crippen LogP contribution >= 0.6 is 15.9 Å². The van der Waals surface area contributed by atoms with Crippen molar-refractivity contribution < 1.29 is 14.5 Å². The largest absolute Gasteiger partial charge is 0.483 e. The normalized spacial score (nSPS) is 11.3.